The third kappa shape index (κ3) is 3.61. The van der Waals surface area contributed by atoms with Crippen LogP contribution in [0.2, 0.25) is 0 Å². The van der Waals surface area contributed by atoms with Crippen molar-refractivity contribution in [3.63, 3.8) is 0 Å². The van der Waals surface area contributed by atoms with Crippen LogP contribution in [-0.2, 0) is 9.53 Å². The molecule has 3 rings (SSSR count). The van der Waals surface area contributed by atoms with Crippen molar-refractivity contribution < 1.29 is 34.0 Å². The number of aromatic hydroxyl groups is 1. The fourth-order valence-electron chi connectivity index (χ4n) is 3.27. The number of ether oxygens (including phenoxy) is 4. The first kappa shape index (κ1) is 19.6. The first-order valence-electron chi connectivity index (χ1n) is 8.64. The third-order valence-electron chi connectivity index (χ3n) is 4.68. The molecule has 0 amide bonds. The van der Waals surface area contributed by atoms with Gasteiger partial charge in [-0.25, -0.2) is 4.79 Å². The number of carbonyl (C=O) groups is 1. The van der Waals surface area contributed by atoms with Gasteiger partial charge in [0.05, 0.1) is 33.9 Å². The number of aliphatic hydroxyl groups excluding tert-OH is 1. The normalized spacial score (nSPS) is 17.9. The molecule has 7 heteroatoms. The molecule has 2 N–H and O–H groups in total. The number of phenols is 1. The average Bonchev–Trinajstić information content (AvgIpc) is 3.10. The molecule has 7 nitrogen and oxygen atoms in total. The van der Waals surface area contributed by atoms with Crippen molar-refractivity contribution in [1.82, 2.24) is 0 Å². The van der Waals surface area contributed by atoms with Crippen LogP contribution in [0.1, 0.15) is 28.7 Å². The second kappa shape index (κ2) is 8.22. The summed E-state index contributed by atoms with van der Waals surface area (Å²) in [4.78, 5) is 11.4. The van der Waals surface area contributed by atoms with Crippen molar-refractivity contribution in [3.05, 3.63) is 53.1 Å². The van der Waals surface area contributed by atoms with E-state index in [1.54, 1.807) is 24.3 Å². The SMILES string of the molecule is COC(=O)/C=C/c1cc(OC)c2c(c1)C(CO)C(c1ccc(O)c(OC)c1)O2. The van der Waals surface area contributed by atoms with Crippen LogP contribution in [0.25, 0.3) is 6.08 Å². The molecule has 0 aromatic heterocycles. The molecule has 0 bridgehead atoms. The number of fused-ring (bicyclic) bond motifs is 1. The highest BCUT2D eigenvalue weighted by atomic mass is 16.5. The molecule has 0 saturated heterocycles. The summed E-state index contributed by atoms with van der Waals surface area (Å²) in [6.45, 7) is -0.159. The Bertz CT molecular complexity index is 904. The standard InChI is InChI=1S/C21H22O7/c1-25-17-10-13(5-6-16(17)23)20-15(11-22)14-8-12(4-7-19(24)27-3)9-18(26-2)21(14)28-20/h4-10,15,20,22-23H,11H2,1-3H3/b7-4+. The summed E-state index contributed by atoms with van der Waals surface area (Å²) in [5, 5.41) is 19.9. The third-order valence-corrected chi connectivity index (χ3v) is 4.68. The predicted octanol–water partition coefficient (Wildman–Crippen LogP) is 2.81. The molecule has 2 unspecified atom stereocenters. The maximum absolute atomic E-state index is 11.4. The molecule has 148 valence electrons. The van der Waals surface area contributed by atoms with Crippen molar-refractivity contribution in [2.24, 2.45) is 0 Å². The van der Waals surface area contributed by atoms with E-state index in [9.17, 15) is 15.0 Å². The van der Waals surface area contributed by atoms with Crippen LogP contribution in [0.3, 0.4) is 0 Å². The topological polar surface area (TPSA) is 94.5 Å². The van der Waals surface area contributed by atoms with E-state index in [1.165, 1.54) is 33.5 Å². The molecule has 0 aliphatic carbocycles. The summed E-state index contributed by atoms with van der Waals surface area (Å²) in [6, 6.07) is 8.51. The number of aliphatic hydroxyl groups is 1. The van der Waals surface area contributed by atoms with Gasteiger partial charge in [-0.3, -0.25) is 0 Å². The zero-order chi connectivity index (χ0) is 20.3. The summed E-state index contributed by atoms with van der Waals surface area (Å²) in [6.07, 6.45) is 2.44. The number of carbonyl (C=O) groups excluding carboxylic acids is 1. The van der Waals surface area contributed by atoms with Crippen LogP contribution in [0.4, 0.5) is 0 Å². The van der Waals surface area contributed by atoms with Gasteiger partial charge < -0.3 is 29.2 Å². The number of hydrogen-bond donors (Lipinski definition) is 2. The van der Waals surface area contributed by atoms with E-state index in [0.29, 0.717) is 22.8 Å². The Kier molecular flexibility index (Phi) is 5.75. The Morgan fingerprint density at radius 3 is 2.54 bits per heavy atom. The lowest BCUT2D eigenvalue weighted by Crippen LogP contribution is -2.13. The molecule has 0 fully saturated rings. The Hall–Kier alpha value is -3.19. The quantitative estimate of drug-likeness (QED) is 0.582. The molecule has 1 aliphatic rings. The van der Waals surface area contributed by atoms with Gasteiger partial charge in [0.25, 0.3) is 0 Å². The van der Waals surface area contributed by atoms with Crippen LogP contribution >= 0.6 is 0 Å². The van der Waals surface area contributed by atoms with E-state index in [2.05, 4.69) is 4.74 Å². The largest absolute Gasteiger partial charge is 0.504 e. The molecule has 0 saturated carbocycles. The number of esters is 1. The maximum Gasteiger partial charge on any atom is 0.330 e. The van der Waals surface area contributed by atoms with Gasteiger partial charge >= 0.3 is 5.97 Å². The van der Waals surface area contributed by atoms with Gasteiger partial charge in [-0.1, -0.05) is 6.07 Å². The minimum atomic E-state index is -0.483. The average molecular weight is 386 g/mol. The van der Waals surface area contributed by atoms with E-state index in [4.69, 9.17) is 14.2 Å². The lowest BCUT2D eigenvalue weighted by molar-refractivity contribution is -0.134. The zero-order valence-corrected chi connectivity index (χ0v) is 15.8. The number of phenolic OH excluding ortho intramolecular Hbond substituents is 1. The minimum absolute atomic E-state index is 0.0233. The fraction of sp³-hybridized carbons (Fsp3) is 0.286. The maximum atomic E-state index is 11.4. The van der Waals surface area contributed by atoms with Gasteiger partial charge in [0, 0.05) is 11.6 Å². The van der Waals surface area contributed by atoms with E-state index in [0.717, 1.165) is 11.1 Å². The molecule has 1 heterocycles. The van der Waals surface area contributed by atoms with Crippen LogP contribution in [0.15, 0.2) is 36.4 Å². The molecule has 0 spiro atoms. The van der Waals surface area contributed by atoms with Gasteiger partial charge in [0.15, 0.2) is 23.0 Å². The van der Waals surface area contributed by atoms with E-state index < -0.39 is 12.1 Å². The lowest BCUT2D eigenvalue weighted by Gasteiger charge is -2.18. The number of methoxy groups -OCH3 is 3. The second-order valence-corrected chi connectivity index (χ2v) is 6.26. The van der Waals surface area contributed by atoms with Gasteiger partial charge in [-0.2, -0.15) is 0 Å². The summed E-state index contributed by atoms with van der Waals surface area (Å²) < 4.78 is 21.4. The fourth-order valence-corrected chi connectivity index (χ4v) is 3.27. The molecular weight excluding hydrogens is 364 g/mol. The Morgan fingerprint density at radius 1 is 1.14 bits per heavy atom. The molecule has 2 aromatic rings. The number of rotatable bonds is 6. The zero-order valence-electron chi connectivity index (χ0n) is 15.8. The molecule has 2 aromatic carbocycles. The summed E-state index contributed by atoms with van der Waals surface area (Å²) >= 11 is 0. The van der Waals surface area contributed by atoms with Gasteiger partial charge in [-0.05, 0) is 41.5 Å². The van der Waals surface area contributed by atoms with Crippen molar-refractivity contribution in [2.45, 2.75) is 12.0 Å². The number of benzene rings is 2. The van der Waals surface area contributed by atoms with Gasteiger partial charge in [0.2, 0.25) is 0 Å². The van der Waals surface area contributed by atoms with Crippen molar-refractivity contribution in [2.75, 3.05) is 27.9 Å². The van der Waals surface area contributed by atoms with E-state index in [-0.39, 0.29) is 18.3 Å². The van der Waals surface area contributed by atoms with Crippen LogP contribution in [-0.4, -0.2) is 44.1 Å². The molecule has 0 radical (unpaired) electrons. The highest BCUT2D eigenvalue weighted by Crippen LogP contribution is 2.51. The predicted molar refractivity (Wildman–Crippen MR) is 102 cm³/mol. The summed E-state index contributed by atoms with van der Waals surface area (Å²) in [5.74, 6) is 0.549. The van der Waals surface area contributed by atoms with Crippen molar-refractivity contribution in [1.29, 1.82) is 0 Å². The van der Waals surface area contributed by atoms with Gasteiger partial charge in [-0.15, -0.1) is 0 Å². The summed E-state index contributed by atoms with van der Waals surface area (Å²) in [7, 11) is 4.30. The Labute approximate surface area is 162 Å². The first-order valence-corrected chi connectivity index (χ1v) is 8.64. The van der Waals surface area contributed by atoms with E-state index >= 15 is 0 Å². The monoisotopic (exact) mass is 386 g/mol. The van der Waals surface area contributed by atoms with Crippen molar-refractivity contribution >= 4 is 12.0 Å². The summed E-state index contributed by atoms with van der Waals surface area (Å²) in [5.41, 5.74) is 2.23. The smallest absolute Gasteiger partial charge is 0.330 e. The van der Waals surface area contributed by atoms with Crippen LogP contribution in [0, 0.1) is 0 Å². The lowest BCUT2D eigenvalue weighted by atomic mass is 9.90. The van der Waals surface area contributed by atoms with E-state index in [1.807, 2.05) is 6.07 Å². The van der Waals surface area contributed by atoms with Crippen molar-refractivity contribution in [3.8, 4) is 23.0 Å². The Balaban J connectivity index is 2.02. The molecular formula is C21H22O7. The number of hydrogen-bond acceptors (Lipinski definition) is 7. The Morgan fingerprint density at radius 2 is 1.89 bits per heavy atom. The first-order chi connectivity index (χ1) is 13.5. The highest BCUT2D eigenvalue weighted by molar-refractivity contribution is 5.87. The molecule has 28 heavy (non-hydrogen) atoms. The second-order valence-electron chi connectivity index (χ2n) is 6.26. The molecule has 1 aliphatic heterocycles. The van der Waals surface area contributed by atoms with Gasteiger partial charge in [0.1, 0.15) is 6.10 Å². The minimum Gasteiger partial charge on any atom is -0.504 e. The highest BCUT2D eigenvalue weighted by Gasteiger charge is 2.37. The molecule has 2 atom stereocenters. The van der Waals surface area contributed by atoms with Crippen LogP contribution < -0.4 is 14.2 Å². The van der Waals surface area contributed by atoms with Crippen LogP contribution in [0.5, 0.6) is 23.0 Å².